The number of rotatable bonds is 7. The third kappa shape index (κ3) is 6.10. The zero-order chi connectivity index (χ0) is 16.0. The highest BCUT2D eigenvalue weighted by molar-refractivity contribution is 6.30. The smallest absolute Gasteiger partial charge is 0.304 e. The van der Waals surface area contributed by atoms with E-state index in [4.69, 9.17) is 16.7 Å². The van der Waals surface area contributed by atoms with Gasteiger partial charge in [-0.1, -0.05) is 11.6 Å². The Morgan fingerprint density at radius 1 is 1.43 bits per heavy atom. The van der Waals surface area contributed by atoms with Gasteiger partial charge in [-0.05, 0) is 32.0 Å². The predicted octanol–water partition coefficient (Wildman–Crippen LogP) is 2.60. The Bertz CT molecular complexity index is 523. The summed E-state index contributed by atoms with van der Waals surface area (Å²) in [5, 5.41) is 11.4. The fourth-order valence-corrected chi connectivity index (χ4v) is 1.88. The molecule has 0 bridgehead atoms. The number of halogens is 2. The first kappa shape index (κ1) is 17.4. The Morgan fingerprint density at radius 3 is 2.62 bits per heavy atom. The minimum absolute atomic E-state index is 0.00478. The highest BCUT2D eigenvalue weighted by Crippen LogP contribution is 2.18. The average molecular weight is 317 g/mol. The number of nitrogens with zero attached hydrogens (tertiary/aromatic N) is 1. The van der Waals surface area contributed by atoms with Crippen LogP contribution in [0.25, 0.3) is 0 Å². The lowest BCUT2D eigenvalue weighted by Gasteiger charge is -2.25. The molecule has 2 N–H and O–H groups in total. The van der Waals surface area contributed by atoms with Gasteiger partial charge in [-0.3, -0.25) is 14.5 Å². The van der Waals surface area contributed by atoms with Crippen LogP contribution < -0.4 is 5.32 Å². The van der Waals surface area contributed by atoms with E-state index in [1.165, 1.54) is 12.1 Å². The van der Waals surface area contributed by atoms with Crippen LogP contribution in [-0.4, -0.2) is 41.0 Å². The summed E-state index contributed by atoms with van der Waals surface area (Å²) in [6.07, 6.45) is -0.0548. The van der Waals surface area contributed by atoms with Crippen LogP contribution in [0.15, 0.2) is 18.2 Å². The second-order valence-electron chi connectivity index (χ2n) is 4.88. The molecule has 0 aromatic heterocycles. The Morgan fingerprint density at radius 2 is 2.10 bits per heavy atom. The van der Waals surface area contributed by atoms with E-state index in [0.717, 1.165) is 6.07 Å². The van der Waals surface area contributed by atoms with Crippen molar-refractivity contribution >= 4 is 29.2 Å². The summed E-state index contributed by atoms with van der Waals surface area (Å²) in [5.74, 6) is -1.95. The van der Waals surface area contributed by atoms with Crippen LogP contribution in [-0.2, 0) is 9.59 Å². The van der Waals surface area contributed by atoms with E-state index in [1.807, 2.05) is 13.8 Å². The first-order valence-electron chi connectivity index (χ1n) is 6.50. The molecule has 0 fully saturated rings. The third-order valence-electron chi connectivity index (χ3n) is 2.90. The van der Waals surface area contributed by atoms with Gasteiger partial charge in [0.05, 0.1) is 18.7 Å². The number of benzene rings is 1. The summed E-state index contributed by atoms with van der Waals surface area (Å²) in [6.45, 7) is 3.96. The quantitative estimate of drug-likeness (QED) is 0.811. The first-order chi connectivity index (χ1) is 9.79. The van der Waals surface area contributed by atoms with Crippen molar-refractivity contribution in [2.45, 2.75) is 26.3 Å². The number of carboxylic acid groups (broad SMARTS) is 1. The molecule has 0 aliphatic rings. The van der Waals surface area contributed by atoms with Crippen LogP contribution >= 0.6 is 11.6 Å². The van der Waals surface area contributed by atoms with Crippen molar-refractivity contribution in [3.8, 4) is 0 Å². The van der Waals surface area contributed by atoms with Gasteiger partial charge in [-0.25, -0.2) is 4.39 Å². The molecule has 1 amide bonds. The number of aliphatic carboxylic acids is 1. The van der Waals surface area contributed by atoms with E-state index >= 15 is 0 Å². The topological polar surface area (TPSA) is 69.6 Å². The van der Waals surface area contributed by atoms with Crippen LogP contribution in [0.1, 0.15) is 20.3 Å². The monoisotopic (exact) mass is 316 g/mol. The number of carbonyl (C=O) groups excluding carboxylic acids is 1. The summed E-state index contributed by atoms with van der Waals surface area (Å²) < 4.78 is 13.6. The molecule has 1 rings (SSSR count). The fourth-order valence-electron chi connectivity index (χ4n) is 1.72. The zero-order valence-corrected chi connectivity index (χ0v) is 12.7. The second-order valence-corrected chi connectivity index (χ2v) is 5.32. The minimum atomic E-state index is -0.926. The molecule has 0 saturated carbocycles. The summed E-state index contributed by atoms with van der Waals surface area (Å²) in [6, 6.07) is 3.98. The molecule has 5 nitrogen and oxygen atoms in total. The van der Waals surface area contributed by atoms with Gasteiger partial charge in [0, 0.05) is 17.6 Å². The highest BCUT2D eigenvalue weighted by atomic mass is 35.5. The van der Waals surface area contributed by atoms with Gasteiger partial charge in [0.1, 0.15) is 5.82 Å². The molecule has 0 aliphatic heterocycles. The van der Waals surface area contributed by atoms with Crippen LogP contribution in [0, 0.1) is 5.82 Å². The van der Waals surface area contributed by atoms with Gasteiger partial charge in [-0.2, -0.15) is 0 Å². The Balaban J connectivity index is 2.63. The SMILES string of the molecule is CC(C)N(CCC(=O)O)CC(=O)Nc1ccc(Cl)cc1F. The molecule has 0 radical (unpaired) electrons. The van der Waals surface area contributed by atoms with E-state index in [1.54, 1.807) is 4.90 Å². The normalized spacial score (nSPS) is 11.0. The van der Waals surface area contributed by atoms with Crippen LogP contribution in [0.5, 0.6) is 0 Å². The van der Waals surface area contributed by atoms with E-state index in [9.17, 15) is 14.0 Å². The van der Waals surface area contributed by atoms with E-state index in [2.05, 4.69) is 5.32 Å². The van der Waals surface area contributed by atoms with E-state index in [0.29, 0.717) is 0 Å². The van der Waals surface area contributed by atoms with Crippen molar-refractivity contribution in [3.05, 3.63) is 29.0 Å². The molecule has 116 valence electrons. The number of anilines is 1. The van der Waals surface area contributed by atoms with Crippen molar-refractivity contribution in [2.75, 3.05) is 18.4 Å². The van der Waals surface area contributed by atoms with E-state index in [-0.39, 0.29) is 36.3 Å². The van der Waals surface area contributed by atoms with Crippen LogP contribution in [0.3, 0.4) is 0 Å². The molecule has 1 aromatic rings. The lowest BCUT2D eigenvalue weighted by atomic mass is 10.2. The Hall–Kier alpha value is -1.66. The van der Waals surface area contributed by atoms with Crippen LogP contribution in [0.4, 0.5) is 10.1 Å². The molecule has 0 heterocycles. The van der Waals surface area contributed by atoms with Crippen LogP contribution in [0.2, 0.25) is 5.02 Å². The van der Waals surface area contributed by atoms with Crippen molar-refractivity contribution < 1.29 is 19.1 Å². The molecule has 0 spiro atoms. The lowest BCUT2D eigenvalue weighted by molar-refractivity contribution is -0.137. The summed E-state index contributed by atoms with van der Waals surface area (Å²) in [5.41, 5.74) is 0.0475. The van der Waals surface area contributed by atoms with Gasteiger partial charge in [-0.15, -0.1) is 0 Å². The molecule has 7 heteroatoms. The third-order valence-corrected chi connectivity index (χ3v) is 3.13. The molecule has 0 aliphatic carbocycles. The summed E-state index contributed by atoms with van der Waals surface area (Å²) in [4.78, 5) is 24.2. The number of carboxylic acids is 1. The van der Waals surface area contributed by atoms with Crippen molar-refractivity contribution in [2.24, 2.45) is 0 Å². The second kappa shape index (κ2) is 7.95. The zero-order valence-electron chi connectivity index (χ0n) is 11.9. The van der Waals surface area contributed by atoms with Crippen molar-refractivity contribution in [1.29, 1.82) is 0 Å². The first-order valence-corrected chi connectivity index (χ1v) is 6.88. The largest absolute Gasteiger partial charge is 0.481 e. The molecular formula is C14H18ClFN2O3. The molecular weight excluding hydrogens is 299 g/mol. The van der Waals surface area contributed by atoms with Crippen molar-refractivity contribution in [3.63, 3.8) is 0 Å². The minimum Gasteiger partial charge on any atom is -0.481 e. The molecule has 0 unspecified atom stereocenters. The maximum absolute atomic E-state index is 13.6. The fraction of sp³-hybridized carbons (Fsp3) is 0.429. The molecule has 0 saturated heterocycles. The van der Waals surface area contributed by atoms with Crippen molar-refractivity contribution in [1.82, 2.24) is 4.90 Å². The number of hydrogen-bond acceptors (Lipinski definition) is 3. The number of hydrogen-bond donors (Lipinski definition) is 2. The predicted molar refractivity (Wildman–Crippen MR) is 79.0 cm³/mol. The van der Waals surface area contributed by atoms with Gasteiger partial charge < -0.3 is 10.4 Å². The molecule has 0 atom stereocenters. The number of nitrogens with one attached hydrogen (secondary N) is 1. The number of carbonyl (C=O) groups is 2. The van der Waals surface area contributed by atoms with Gasteiger partial charge in [0.15, 0.2) is 0 Å². The maximum atomic E-state index is 13.6. The average Bonchev–Trinajstić information content (AvgIpc) is 2.37. The highest BCUT2D eigenvalue weighted by Gasteiger charge is 2.16. The molecule has 1 aromatic carbocycles. The standard InChI is InChI=1S/C14H18ClFN2O3/c1-9(2)18(6-5-14(20)21)8-13(19)17-12-4-3-10(15)7-11(12)16/h3-4,7,9H,5-6,8H2,1-2H3,(H,17,19)(H,20,21). The Labute approximate surface area is 127 Å². The van der Waals surface area contributed by atoms with Gasteiger partial charge in [0.2, 0.25) is 5.91 Å². The molecule has 21 heavy (non-hydrogen) atoms. The maximum Gasteiger partial charge on any atom is 0.304 e. The van der Waals surface area contributed by atoms with Gasteiger partial charge >= 0.3 is 5.97 Å². The summed E-state index contributed by atoms with van der Waals surface area (Å²) >= 11 is 5.63. The Kier molecular flexibility index (Phi) is 6.58. The van der Waals surface area contributed by atoms with E-state index < -0.39 is 17.7 Å². The lowest BCUT2D eigenvalue weighted by Crippen LogP contribution is -2.39. The van der Waals surface area contributed by atoms with Gasteiger partial charge in [0.25, 0.3) is 0 Å². The number of amides is 1. The summed E-state index contributed by atoms with van der Waals surface area (Å²) in [7, 11) is 0.